The summed E-state index contributed by atoms with van der Waals surface area (Å²) in [4.78, 5) is 12.5. The largest absolute Gasteiger partial charge is 0.394 e. The maximum atomic E-state index is 12.5. The number of rotatable bonds is 42. The van der Waals surface area contributed by atoms with Gasteiger partial charge >= 0.3 is 0 Å². The van der Waals surface area contributed by atoms with Crippen LogP contribution in [0, 0.1) is 0 Å². The third-order valence-electron chi connectivity index (χ3n) is 10.9. The molecule has 0 spiro atoms. The predicted molar refractivity (Wildman–Crippen MR) is 228 cm³/mol. The highest BCUT2D eigenvalue weighted by Gasteiger charge is 2.28. The van der Waals surface area contributed by atoms with E-state index in [2.05, 4.69) is 43.5 Å². The van der Waals surface area contributed by atoms with Gasteiger partial charge in [-0.25, -0.2) is 0 Å². The summed E-state index contributed by atoms with van der Waals surface area (Å²) in [6, 6.07) is -1.00. The Hall–Kier alpha value is -1.21. The van der Waals surface area contributed by atoms with Crippen molar-refractivity contribution < 1.29 is 25.2 Å². The Labute approximate surface area is 329 Å². The van der Waals surface area contributed by atoms with Crippen molar-refractivity contribution in [2.24, 2.45) is 0 Å². The highest BCUT2D eigenvalue weighted by molar-refractivity contribution is 5.80. The molecule has 314 valence electrons. The van der Waals surface area contributed by atoms with Gasteiger partial charge in [0.1, 0.15) is 12.2 Å². The average Bonchev–Trinajstić information content (AvgIpc) is 3.16. The number of unbranched alkanes of at least 4 members (excludes halogenated alkanes) is 29. The van der Waals surface area contributed by atoms with E-state index in [0.29, 0.717) is 19.3 Å². The van der Waals surface area contributed by atoms with Gasteiger partial charge in [0.2, 0.25) is 5.91 Å². The number of carbonyl (C=O) groups is 1. The Kier molecular flexibility index (Phi) is 41.0. The van der Waals surface area contributed by atoms with Crippen LogP contribution in [-0.2, 0) is 4.79 Å². The third kappa shape index (κ3) is 36.2. The fraction of sp³-hybridized carbons (Fsp3) is 0.894. The summed E-state index contributed by atoms with van der Waals surface area (Å²) in [6.45, 7) is 4.04. The molecule has 6 heteroatoms. The van der Waals surface area contributed by atoms with Crippen molar-refractivity contribution in [3.8, 4) is 0 Å². The van der Waals surface area contributed by atoms with E-state index in [4.69, 9.17) is 0 Å². The zero-order valence-electron chi connectivity index (χ0n) is 35.3. The maximum absolute atomic E-state index is 12.5. The average molecular weight is 750 g/mol. The second-order valence-corrected chi connectivity index (χ2v) is 16.1. The number of aliphatic hydroxyl groups excluding tert-OH is 4. The van der Waals surface area contributed by atoms with Gasteiger partial charge in [0.05, 0.1) is 18.8 Å². The number of aliphatic hydroxyl groups is 4. The molecule has 0 saturated heterocycles. The van der Waals surface area contributed by atoms with Gasteiger partial charge < -0.3 is 25.7 Å². The standard InChI is InChI=1S/C47H91NO5/c1-3-5-7-9-11-13-15-17-19-21-22-23-25-27-29-31-33-35-37-39-41-45(51)47(53)48-43(42-49)46(52)44(50)40-38-36-34-32-30-28-26-24-20-18-16-14-12-10-8-6-4-2/h24,26,32,34,43-46,49-52H,3-23,25,27-31,33,35-42H2,1-2H3,(H,48,53)/b26-24+,34-32+. The van der Waals surface area contributed by atoms with E-state index in [1.165, 1.54) is 167 Å². The van der Waals surface area contributed by atoms with Gasteiger partial charge in [0, 0.05) is 0 Å². The molecule has 53 heavy (non-hydrogen) atoms. The van der Waals surface area contributed by atoms with Crippen LogP contribution < -0.4 is 5.32 Å². The molecule has 0 aliphatic rings. The van der Waals surface area contributed by atoms with E-state index < -0.39 is 36.9 Å². The Balaban J connectivity index is 3.75. The van der Waals surface area contributed by atoms with Crippen molar-refractivity contribution in [1.82, 2.24) is 5.32 Å². The van der Waals surface area contributed by atoms with Gasteiger partial charge in [-0.05, 0) is 51.4 Å². The second kappa shape index (κ2) is 41.9. The molecule has 0 aromatic heterocycles. The molecule has 0 bridgehead atoms. The second-order valence-electron chi connectivity index (χ2n) is 16.1. The van der Waals surface area contributed by atoms with E-state index in [-0.39, 0.29) is 0 Å². The highest BCUT2D eigenvalue weighted by atomic mass is 16.3. The van der Waals surface area contributed by atoms with Crippen LogP contribution in [0.4, 0.5) is 0 Å². The lowest BCUT2D eigenvalue weighted by Gasteiger charge is -2.27. The summed E-state index contributed by atoms with van der Waals surface area (Å²) in [5, 5.41) is 43.7. The molecule has 0 fully saturated rings. The zero-order chi connectivity index (χ0) is 38.9. The Morgan fingerprint density at radius 3 is 1.19 bits per heavy atom. The molecule has 0 aliphatic carbocycles. The lowest BCUT2D eigenvalue weighted by Crippen LogP contribution is -2.53. The van der Waals surface area contributed by atoms with Crippen LogP contribution >= 0.6 is 0 Å². The minimum absolute atomic E-state index is 0.364. The van der Waals surface area contributed by atoms with Gasteiger partial charge in [0.25, 0.3) is 0 Å². The first-order chi connectivity index (χ1) is 26.0. The number of hydrogen-bond donors (Lipinski definition) is 5. The molecule has 0 aliphatic heterocycles. The van der Waals surface area contributed by atoms with Gasteiger partial charge in [-0.15, -0.1) is 0 Å². The van der Waals surface area contributed by atoms with Crippen molar-refractivity contribution in [2.75, 3.05) is 6.61 Å². The summed E-state index contributed by atoms with van der Waals surface area (Å²) in [5.74, 6) is -0.595. The summed E-state index contributed by atoms with van der Waals surface area (Å²) in [6.07, 6.45) is 47.8. The molecule has 0 saturated carbocycles. The minimum atomic E-state index is -1.29. The maximum Gasteiger partial charge on any atom is 0.249 e. The van der Waals surface area contributed by atoms with Crippen LogP contribution in [0.1, 0.15) is 239 Å². The minimum Gasteiger partial charge on any atom is -0.394 e. The number of allylic oxidation sites excluding steroid dienone is 4. The van der Waals surface area contributed by atoms with Crippen LogP contribution in [0.5, 0.6) is 0 Å². The SMILES string of the molecule is CCCCCCCCCC/C=C/CC/C=C/CCCC(O)C(O)C(CO)NC(=O)C(O)CCCCCCCCCCCCCCCCCCCCCC. The molecule has 0 radical (unpaired) electrons. The normalized spacial score (nSPS) is 14.3. The summed E-state index contributed by atoms with van der Waals surface area (Å²) < 4.78 is 0. The zero-order valence-corrected chi connectivity index (χ0v) is 35.3. The molecule has 0 rings (SSSR count). The molecular weight excluding hydrogens is 659 g/mol. The van der Waals surface area contributed by atoms with E-state index >= 15 is 0 Å². The number of hydrogen-bond acceptors (Lipinski definition) is 5. The van der Waals surface area contributed by atoms with Crippen LogP contribution in [0.15, 0.2) is 24.3 Å². The van der Waals surface area contributed by atoms with E-state index in [1.807, 2.05) is 0 Å². The molecule has 4 atom stereocenters. The first-order valence-electron chi connectivity index (χ1n) is 23.2. The molecule has 0 heterocycles. The van der Waals surface area contributed by atoms with Gasteiger partial charge in [-0.1, -0.05) is 212 Å². The van der Waals surface area contributed by atoms with Gasteiger partial charge in [-0.2, -0.15) is 0 Å². The molecule has 0 aromatic carbocycles. The molecule has 1 amide bonds. The molecular formula is C47H91NO5. The molecule has 6 nitrogen and oxygen atoms in total. The monoisotopic (exact) mass is 750 g/mol. The van der Waals surface area contributed by atoms with Crippen molar-refractivity contribution in [3.63, 3.8) is 0 Å². The fourth-order valence-electron chi connectivity index (χ4n) is 7.19. The lowest BCUT2D eigenvalue weighted by atomic mass is 10.00. The van der Waals surface area contributed by atoms with Crippen LogP contribution in [0.3, 0.4) is 0 Å². The Morgan fingerprint density at radius 2 is 0.792 bits per heavy atom. The smallest absolute Gasteiger partial charge is 0.249 e. The molecule has 4 unspecified atom stereocenters. The van der Waals surface area contributed by atoms with Crippen LogP contribution in [-0.4, -0.2) is 57.3 Å². The van der Waals surface area contributed by atoms with E-state index in [0.717, 1.165) is 38.5 Å². The number of carbonyl (C=O) groups excluding carboxylic acids is 1. The van der Waals surface area contributed by atoms with E-state index in [9.17, 15) is 25.2 Å². The van der Waals surface area contributed by atoms with Gasteiger partial charge in [-0.3, -0.25) is 4.79 Å². The lowest BCUT2D eigenvalue weighted by molar-refractivity contribution is -0.132. The van der Waals surface area contributed by atoms with Crippen LogP contribution in [0.25, 0.3) is 0 Å². The fourth-order valence-corrected chi connectivity index (χ4v) is 7.19. The number of amides is 1. The molecule has 5 N–H and O–H groups in total. The van der Waals surface area contributed by atoms with E-state index in [1.54, 1.807) is 0 Å². The van der Waals surface area contributed by atoms with Crippen molar-refractivity contribution in [1.29, 1.82) is 0 Å². The van der Waals surface area contributed by atoms with Gasteiger partial charge in [0.15, 0.2) is 0 Å². The summed E-state index contributed by atoms with van der Waals surface area (Å²) in [5.41, 5.74) is 0. The topological polar surface area (TPSA) is 110 Å². The summed E-state index contributed by atoms with van der Waals surface area (Å²) >= 11 is 0. The first kappa shape index (κ1) is 51.8. The Bertz CT molecular complexity index is 802. The predicted octanol–water partition coefficient (Wildman–Crippen LogP) is 12.4. The number of nitrogens with one attached hydrogen (secondary N) is 1. The molecule has 0 aromatic rings. The highest BCUT2D eigenvalue weighted by Crippen LogP contribution is 2.16. The van der Waals surface area contributed by atoms with Crippen molar-refractivity contribution in [3.05, 3.63) is 24.3 Å². The Morgan fingerprint density at radius 1 is 0.453 bits per heavy atom. The third-order valence-corrected chi connectivity index (χ3v) is 10.9. The van der Waals surface area contributed by atoms with Crippen molar-refractivity contribution >= 4 is 5.91 Å². The quantitative estimate of drug-likeness (QED) is 0.0315. The first-order valence-corrected chi connectivity index (χ1v) is 23.2. The van der Waals surface area contributed by atoms with Crippen LogP contribution in [0.2, 0.25) is 0 Å². The van der Waals surface area contributed by atoms with Crippen molar-refractivity contribution in [2.45, 2.75) is 263 Å². The summed E-state index contributed by atoms with van der Waals surface area (Å²) in [7, 11) is 0.